The predicted octanol–water partition coefficient (Wildman–Crippen LogP) is 8.35. The Kier molecular flexibility index (Phi) is 10.5. The summed E-state index contributed by atoms with van der Waals surface area (Å²) in [6.45, 7) is -0.622. The second-order valence-electron chi connectivity index (χ2n) is 11.0. The van der Waals surface area contributed by atoms with E-state index in [0.717, 1.165) is 29.8 Å². The lowest BCUT2D eigenvalue weighted by atomic mass is 9.86. The van der Waals surface area contributed by atoms with E-state index in [1.54, 1.807) is 0 Å². The minimum absolute atomic E-state index is 0.00489. The summed E-state index contributed by atoms with van der Waals surface area (Å²) in [5.74, 6) is 0.436. The summed E-state index contributed by atoms with van der Waals surface area (Å²) in [4.78, 5) is 2.18. The molecule has 44 heavy (non-hydrogen) atoms. The van der Waals surface area contributed by atoms with Gasteiger partial charge in [-0.2, -0.15) is 44.3 Å². The number of hydrogen-bond acceptors (Lipinski definition) is 5. The van der Waals surface area contributed by atoms with Gasteiger partial charge in [0.25, 0.3) is 5.95 Å². The normalized spacial score (nSPS) is 15.1. The maximum absolute atomic E-state index is 13.7. The summed E-state index contributed by atoms with van der Waals surface area (Å²) in [6.07, 6.45) is -7.09. The van der Waals surface area contributed by atoms with Gasteiger partial charge in [0.2, 0.25) is 0 Å². The number of rotatable bonds is 11. The summed E-state index contributed by atoms with van der Waals surface area (Å²) >= 11 is 0. The van der Waals surface area contributed by atoms with E-state index in [1.807, 2.05) is 0 Å². The van der Waals surface area contributed by atoms with Gasteiger partial charge in [-0.3, -0.25) is 0 Å². The van der Waals surface area contributed by atoms with Crippen molar-refractivity contribution >= 4 is 5.95 Å². The van der Waals surface area contributed by atoms with Gasteiger partial charge in [-0.05, 0) is 71.0 Å². The Morgan fingerprint density at radius 3 is 2.00 bits per heavy atom. The summed E-state index contributed by atoms with van der Waals surface area (Å²) < 4.78 is 128. The van der Waals surface area contributed by atoms with Gasteiger partial charge in [-0.25, -0.2) is 0 Å². The second-order valence-corrected chi connectivity index (χ2v) is 11.0. The van der Waals surface area contributed by atoms with Crippen LogP contribution in [0, 0.1) is 5.92 Å². The molecule has 0 bridgehead atoms. The van der Waals surface area contributed by atoms with Gasteiger partial charge in [0.15, 0.2) is 0 Å². The molecule has 4 rings (SSSR count). The standard InChI is InChI=1S/C29H32F9N5O/c1-42-40-26(39-41-42)43(16-20-12-24(28(33,34)35)15-25(13-20)29(36,37)38)17-22-14-23(27(30,31)32)10-9-21(22)18-44-11-5-8-19-6-3-2-4-7-19/h9-10,12-15,19H,2-8,11,16-18H2,1H3. The van der Waals surface area contributed by atoms with Gasteiger partial charge in [0.1, 0.15) is 0 Å². The van der Waals surface area contributed by atoms with E-state index in [1.165, 1.54) is 50.1 Å². The first kappa shape index (κ1) is 33.5. The van der Waals surface area contributed by atoms with Crippen LogP contribution in [0.15, 0.2) is 36.4 Å². The lowest BCUT2D eigenvalue weighted by Crippen LogP contribution is -2.25. The Bertz CT molecular complexity index is 1350. The largest absolute Gasteiger partial charge is 0.416 e. The minimum Gasteiger partial charge on any atom is -0.377 e. The van der Waals surface area contributed by atoms with Gasteiger partial charge < -0.3 is 9.64 Å². The highest BCUT2D eigenvalue weighted by molar-refractivity contribution is 5.41. The quantitative estimate of drug-likeness (QED) is 0.156. The zero-order valence-corrected chi connectivity index (χ0v) is 23.9. The molecule has 0 radical (unpaired) electrons. The molecule has 2 aromatic carbocycles. The topological polar surface area (TPSA) is 56.1 Å². The van der Waals surface area contributed by atoms with E-state index in [9.17, 15) is 39.5 Å². The van der Waals surface area contributed by atoms with Crippen molar-refractivity contribution < 1.29 is 44.3 Å². The third-order valence-corrected chi connectivity index (χ3v) is 7.58. The van der Waals surface area contributed by atoms with Crippen LogP contribution in [0.2, 0.25) is 0 Å². The Hall–Kier alpha value is -3.36. The number of tetrazole rings is 1. The lowest BCUT2D eigenvalue weighted by Gasteiger charge is -2.24. The molecule has 0 unspecified atom stereocenters. The van der Waals surface area contributed by atoms with Crippen LogP contribution in [0.4, 0.5) is 45.5 Å². The Labute approximate surface area is 248 Å². The van der Waals surface area contributed by atoms with Crippen molar-refractivity contribution in [1.82, 2.24) is 20.2 Å². The number of aromatic nitrogens is 4. The highest BCUT2D eigenvalue weighted by Gasteiger charge is 2.37. The fourth-order valence-corrected chi connectivity index (χ4v) is 5.36. The number of ether oxygens (including phenoxy) is 1. The average Bonchev–Trinajstić information content (AvgIpc) is 3.38. The summed E-state index contributed by atoms with van der Waals surface area (Å²) in [5, 5.41) is 11.5. The molecule has 1 heterocycles. The van der Waals surface area contributed by atoms with E-state index in [4.69, 9.17) is 4.74 Å². The molecule has 0 amide bonds. The van der Waals surface area contributed by atoms with Gasteiger partial charge >= 0.3 is 18.5 Å². The van der Waals surface area contributed by atoms with Crippen molar-refractivity contribution in [1.29, 1.82) is 0 Å². The van der Waals surface area contributed by atoms with E-state index >= 15 is 0 Å². The van der Waals surface area contributed by atoms with Crippen LogP contribution in [0.3, 0.4) is 0 Å². The van der Waals surface area contributed by atoms with Gasteiger partial charge in [-0.1, -0.05) is 43.3 Å². The third-order valence-electron chi connectivity index (χ3n) is 7.58. The first-order valence-electron chi connectivity index (χ1n) is 14.1. The summed E-state index contributed by atoms with van der Waals surface area (Å²) in [6, 6.07) is 4.16. The van der Waals surface area contributed by atoms with Crippen LogP contribution in [-0.2, 0) is 50.0 Å². The van der Waals surface area contributed by atoms with Gasteiger partial charge in [-0.15, -0.1) is 5.10 Å². The molecule has 1 aliphatic rings. The fraction of sp³-hybridized carbons (Fsp3) is 0.552. The van der Waals surface area contributed by atoms with Crippen molar-refractivity contribution in [2.45, 2.75) is 83.2 Å². The van der Waals surface area contributed by atoms with Crippen molar-refractivity contribution in [2.24, 2.45) is 13.0 Å². The molecule has 1 aliphatic carbocycles. The van der Waals surface area contributed by atoms with Crippen LogP contribution in [-0.4, -0.2) is 26.8 Å². The van der Waals surface area contributed by atoms with Crippen molar-refractivity contribution in [3.8, 4) is 0 Å². The molecule has 15 heteroatoms. The van der Waals surface area contributed by atoms with Crippen LogP contribution in [0.25, 0.3) is 0 Å². The zero-order valence-electron chi connectivity index (χ0n) is 23.9. The van der Waals surface area contributed by atoms with Crippen molar-refractivity contribution in [3.05, 3.63) is 69.8 Å². The molecular weight excluding hydrogens is 605 g/mol. The van der Waals surface area contributed by atoms with Crippen LogP contribution in [0.1, 0.15) is 78.3 Å². The molecule has 0 N–H and O–H groups in total. The smallest absolute Gasteiger partial charge is 0.377 e. The second kappa shape index (κ2) is 13.7. The number of hydrogen-bond donors (Lipinski definition) is 0. The van der Waals surface area contributed by atoms with Gasteiger partial charge in [0.05, 0.1) is 30.3 Å². The molecule has 0 saturated heterocycles. The molecule has 0 aliphatic heterocycles. The number of halogens is 9. The molecule has 1 aromatic heterocycles. The molecule has 0 spiro atoms. The molecule has 6 nitrogen and oxygen atoms in total. The van der Waals surface area contributed by atoms with E-state index < -0.39 is 47.3 Å². The van der Waals surface area contributed by atoms with Crippen molar-refractivity contribution in [3.63, 3.8) is 0 Å². The average molecular weight is 638 g/mol. The van der Waals surface area contributed by atoms with Gasteiger partial charge in [0, 0.05) is 19.7 Å². The molecular formula is C29H32F9N5O. The predicted molar refractivity (Wildman–Crippen MR) is 142 cm³/mol. The van der Waals surface area contributed by atoms with Crippen LogP contribution < -0.4 is 4.90 Å². The maximum atomic E-state index is 13.7. The number of alkyl halides is 9. The first-order chi connectivity index (χ1) is 20.6. The SMILES string of the molecule is Cn1nnc(N(Cc2cc(C(F)(F)F)cc(C(F)(F)F)c2)Cc2cc(C(F)(F)F)ccc2COCCCC2CCCCC2)n1. The Morgan fingerprint density at radius 1 is 0.795 bits per heavy atom. The number of anilines is 1. The van der Waals surface area contributed by atoms with E-state index in [2.05, 4.69) is 15.4 Å². The Morgan fingerprint density at radius 2 is 1.43 bits per heavy atom. The van der Waals surface area contributed by atoms with Crippen molar-refractivity contribution in [2.75, 3.05) is 11.5 Å². The fourth-order valence-electron chi connectivity index (χ4n) is 5.36. The van der Waals surface area contributed by atoms with Crippen LogP contribution >= 0.6 is 0 Å². The first-order valence-corrected chi connectivity index (χ1v) is 14.1. The summed E-state index contributed by atoms with van der Waals surface area (Å²) in [7, 11) is 1.39. The molecule has 1 saturated carbocycles. The zero-order chi connectivity index (χ0) is 32.1. The highest BCUT2D eigenvalue weighted by atomic mass is 19.4. The van der Waals surface area contributed by atoms with E-state index in [0.29, 0.717) is 30.2 Å². The molecule has 0 atom stereocenters. The minimum atomic E-state index is -5.08. The maximum Gasteiger partial charge on any atom is 0.416 e. The third kappa shape index (κ3) is 9.32. The number of nitrogens with zero attached hydrogens (tertiary/aromatic N) is 5. The molecule has 242 valence electrons. The molecule has 3 aromatic rings. The Balaban J connectivity index is 1.61. The monoisotopic (exact) mass is 637 g/mol. The number of aryl methyl sites for hydroxylation is 1. The van der Waals surface area contributed by atoms with Crippen LogP contribution in [0.5, 0.6) is 0 Å². The number of benzene rings is 2. The summed E-state index contributed by atoms with van der Waals surface area (Å²) in [5.41, 5.74) is -3.93. The highest BCUT2D eigenvalue weighted by Crippen LogP contribution is 2.37. The lowest BCUT2D eigenvalue weighted by molar-refractivity contribution is -0.143. The van der Waals surface area contributed by atoms with E-state index in [-0.39, 0.29) is 30.7 Å². The molecule has 1 fully saturated rings.